The van der Waals surface area contributed by atoms with Gasteiger partial charge in [-0.15, -0.1) is 0 Å². The monoisotopic (exact) mass is 345 g/mol. The molecule has 0 saturated carbocycles. The zero-order valence-corrected chi connectivity index (χ0v) is 15.4. The van der Waals surface area contributed by atoms with E-state index < -0.39 is 5.60 Å². The van der Waals surface area contributed by atoms with Gasteiger partial charge in [0.15, 0.2) is 0 Å². The molecule has 1 saturated heterocycles. The van der Waals surface area contributed by atoms with Gasteiger partial charge in [-0.1, -0.05) is 0 Å². The Morgan fingerprint density at radius 1 is 1.36 bits per heavy atom. The van der Waals surface area contributed by atoms with Gasteiger partial charge < -0.3 is 19.8 Å². The first kappa shape index (κ1) is 17.6. The molecule has 2 heterocycles. The van der Waals surface area contributed by atoms with Crippen LogP contribution in [0.2, 0.25) is 0 Å². The number of carbonyl (C=O) groups is 1. The van der Waals surface area contributed by atoms with Crippen LogP contribution >= 0.6 is 0 Å². The lowest BCUT2D eigenvalue weighted by Crippen LogP contribution is -2.54. The number of nitrogens with zero attached hydrogens (tertiary/aromatic N) is 2. The molecular weight excluding hydrogens is 318 g/mol. The Labute approximate surface area is 148 Å². The zero-order chi connectivity index (χ0) is 18.2. The summed E-state index contributed by atoms with van der Waals surface area (Å²) in [7, 11) is 0. The lowest BCUT2D eigenvalue weighted by molar-refractivity contribution is 0.000574. The Bertz CT molecular complexity index is 763. The lowest BCUT2D eigenvalue weighted by Gasteiger charge is -2.40. The van der Waals surface area contributed by atoms with Crippen LogP contribution in [0.4, 0.5) is 10.5 Å². The minimum Gasteiger partial charge on any atom is -0.464 e. The third-order valence-electron chi connectivity index (χ3n) is 4.38. The first-order valence-electron chi connectivity index (χ1n) is 8.70. The van der Waals surface area contributed by atoms with Crippen molar-refractivity contribution in [3.63, 3.8) is 0 Å². The van der Waals surface area contributed by atoms with E-state index in [-0.39, 0.29) is 12.1 Å². The molecule has 1 unspecified atom stereocenters. The molecular formula is C19H27N3O3. The molecule has 1 amide bonds. The van der Waals surface area contributed by atoms with E-state index in [0.29, 0.717) is 6.54 Å². The number of nitrogen functional groups attached to an aromatic ring is 1. The second-order valence-corrected chi connectivity index (χ2v) is 7.78. The largest absolute Gasteiger partial charge is 0.464 e. The van der Waals surface area contributed by atoms with Gasteiger partial charge in [0, 0.05) is 48.9 Å². The molecule has 1 atom stereocenters. The van der Waals surface area contributed by atoms with Gasteiger partial charge in [-0.3, -0.25) is 4.90 Å². The summed E-state index contributed by atoms with van der Waals surface area (Å²) in [4.78, 5) is 16.5. The van der Waals surface area contributed by atoms with Crippen LogP contribution in [0.5, 0.6) is 0 Å². The molecule has 0 aliphatic carbocycles. The van der Waals surface area contributed by atoms with Gasteiger partial charge in [0.25, 0.3) is 0 Å². The predicted octanol–water partition coefficient (Wildman–Crippen LogP) is 3.46. The summed E-state index contributed by atoms with van der Waals surface area (Å²) >= 11 is 0. The number of amides is 1. The predicted molar refractivity (Wildman–Crippen MR) is 98.3 cm³/mol. The fraction of sp³-hybridized carbons (Fsp3) is 0.526. The average Bonchev–Trinajstić information content (AvgIpc) is 2.93. The van der Waals surface area contributed by atoms with Crippen molar-refractivity contribution in [1.82, 2.24) is 9.80 Å². The molecule has 1 aliphatic rings. The average molecular weight is 345 g/mol. The molecule has 3 rings (SSSR count). The number of benzene rings is 1. The smallest absolute Gasteiger partial charge is 0.410 e. The third-order valence-corrected chi connectivity index (χ3v) is 4.38. The lowest BCUT2D eigenvalue weighted by atomic mass is 10.1. The quantitative estimate of drug-likeness (QED) is 0.844. The standard InChI is InChI=1S/C19H27N3O3/c1-13-11-21(6-7-22(13)18(23)25-19(2,3)4)12-15-10-16(20)9-14-5-8-24-17(14)15/h5,8-10,13H,6-7,11-12,20H2,1-4H3. The first-order chi connectivity index (χ1) is 11.7. The van der Waals surface area contributed by atoms with Crippen LogP contribution in [-0.2, 0) is 11.3 Å². The highest BCUT2D eigenvalue weighted by molar-refractivity contribution is 5.83. The summed E-state index contributed by atoms with van der Waals surface area (Å²) in [5, 5.41) is 1.02. The molecule has 0 bridgehead atoms. The molecule has 25 heavy (non-hydrogen) atoms. The van der Waals surface area contributed by atoms with Crippen LogP contribution in [0.15, 0.2) is 28.9 Å². The summed E-state index contributed by atoms with van der Waals surface area (Å²) in [5.41, 5.74) is 8.24. The van der Waals surface area contributed by atoms with Crippen molar-refractivity contribution in [1.29, 1.82) is 0 Å². The third kappa shape index (κ3) is 4.07. The van der Waals surface area contributed by atoms with Crippen LogP contribution in [0.1, 0.15) is 33.3 Å². The SMILES string of the molecule is CC1CN(Cc2cc(N)cc3ccoc23)CCN1C(=O)OC(C)(C)C. The van der Waals surface area contributed by atoms with Crippen molar-refractivity contribution in [2.75, 3.05) is 25.4 Å². The summed E-state index contributed by atoms with van der Waals surface area (Å²) in [5.74, 6) is 0. The highest BCUT2D eigenvalue weighted by Crippen LogP contribution is 2.26. The van der Waals surface area contributed by atoms with Crippen LogP contribution in [-0.4, -0.2) is 47.2 Å². The van der Waals surface area contributed by atoms with Crippen molar-refractivity contribution in [2.45, 2.75) is 45.9 Å². The molecule has 1 aromatic heterocycles. The molecule has 6 heteroatoms. The van der Waals surface area contributed by atoms with Gasteiger partial charge >= 0.3 is 6.09 Å². The number of fused-ring (bicyclic) bond motifs is 1. The van der Waals surface area contributed by atoms with Crippen LogP contribution in [0.25, 0.3) is 11.0 Å². The van der Waals surface area contributed by atoms with E-state index in [1.165, 1.54) is 0 Å². The molecule has 1 aliphatic heterocycles. The maximum Gasteiger partial charge on any atom is 0.410 e. The summed E-state index contributed by atoms with van der Waals surface area (Å²) in [6.45, 7) is 10.7. The second-order valence-electron chi connectivity index (χ2n) is 7.78. The number of hydrogen-bond acceptors (Lipinski definition) is 5. The molecule has 1 fully saturated rings. The number of hydrogen-bond donors (Lipinski definition) is 1. The molecule has 1 aromatic carbocycles. The second kappa shape index (κ2) is 6.59. The maximum absolute atomic E-state index is 12.3. The summed E-state index contributed by atoms with van der Waals surface area (Å²) in [6.07, 6.45) is 1.45. The molecule has 2 aromatic rings. The normalized spacial score (nSPS) is 19.4. The number of carbonyl (C=O) groups excluding carboxylic acids is 1. The van der Waals surface area contributed by atoms with E-state index in [1.807, 2.05) is 43.9 Å². The minimum atomic E-state index is -0.472. The van der Waals surface area contributed by atoms with Crippen LogP contribution < -0.4 is 5.73 Å². The van der Waals surface area contributed by atoms with Gasteiger partial charge in [0.1, 0.15) is 11.2 Å². The summed E-state index contributed by atoms with van der Waals surface area (Å²) in [6, 6.07) is 5.91. The Morgan fingerprint density at radius 3 is 2.80 bits per heavy atom. The number of nitrogens with two attached hydrogens (primary N) is 1. The molecule has 0 spiro atoms. The molecule has 136 valence electrons. The number of anilines is 1. The van der Waals surface area contributed by atoms with Crippen molar-refractivity contribution in [3.05, 3.63) is 30.0 Å². The minimum absolute atomic E-state index is 0.0942. The Kier molecular flexibility index (Phi) is 4.64. The van der Waals surface area contributed by atoms with E-state index in [2.05, 4.69) is 11.8 Å². The molecule has 0 radical (unpaired) electrons. The van der Waals surface area contributed by atoms with Gasteiger partial charge in [-0.2, -0.15) is 0 Å². The fourth-order valence-electron chi connectivity index (χ4n) is 3.31. The number of piperazine rings is 1. The van der Waals surface area contributed by atoms with E-state index in [9.17, 15) is 4.79 Å². The Balaban J connectivity index is 1.67. The van der Waals surface area contributed by atoms with E-state index in [1.54, 1.807) is 6.26 Å². The number of ether oxygens (including phenoxy) is 1. The maximum atomic E-state index is 12.3. The zero-order valence-electron chi connectivity index (χ0n) is 15.4. The molecule has 6 nitrogen and oxygen atoms in total. The van der Waals surface area contributed by atoms with Crippen molar-refractivity contribution in [2.24, 2.45) is 0 Å². The van der Waals surface area contributed by atoms with Gasteiger partial charge in [-0.25, -0.2) is 4.79 Å². The first-order valence-corrected chi connectivity index (χ1v) is 8.70. The van der Waals surface area contributed by atoms with Crippen molar-refractivity contribution >= 4 is 22.7 Å². The van der Waals surface area contributed by atoms with Gasteiger partial charge in [0.05, 0.1) is 6.26 Å². The van der Waals surface area contributed by atoms with Crippen molar-refractivity contribution in [3.8, 4) is 0 Å². The number of rotatable bonds is 2. The Morgan fingerprint density at radius 2 is 2.12 bits per heavy atom. The summed E-state index contributed by atoms with van der Waals surface area (Å²) < 4.78 is 11.1. The van der Waals surface area contributed by atoms with E-state index >= 15 is 0 Å². The van der Waals surface area contributed by atoms with Crippen LogP contribution in [0.3, 0.4) is 0 Å². The highest BCUT2D eigenvalue weighted by atomic mass is 16.6. The topological polar surface area (TPSA) is 71.9 Å². The highest BCUT2D eigenvalue weighted by Gasteiger charge is 2.31. The van der Waals surface area contributed by atoms with Crippen molar-refractivity contribution < 1.29 is 13.9 Å². The fourth-order valence-corrected chi connectivity index (χ4v) is 3.31. The van der Waals surface area contributed by atoms with E-state index in [4.69, 9.17) is 14.9 Å². The molecule has 2 N–H and O–H groups in total. The van der Waals surface area contributed by atoms with Gasteiger partial charge in [-0.05, 0) is 45.9 Å². The van der Waals surface area contributed by atoms with E-state index in [0.717, 1.165) is 41.9 Å². The van der Waals surface area contributed by atoms with Crippen LogP contribution in [0, 0.1) is 0 Å². The van der Waals surface area contributed by atoms with Gasteiger partial charge in [0.2, 0.25) is 0 Å². The number of furan rings is 1. The Hall–Kier alpha value is -2.21.